The van der Waals surface area contributed by atoms with E-state index in [1.165, 1.54) is 51.5 Å². The van der Waals surface area contributed by atoms with Gasteiger partial charge in [0.1, 0.15) is 5.69 Å². The van der Waals surface area contributed by atoms with Crippen LogP contribution in [-0.4, -0.2) is 52.4 Å². The normalized spacial score (nSPS) is 10.7. The predicted molar refractivity (Wildman–Crippen MR) is 123 cm³/mol. The molecule has 0 saturated carbocycles. The average molecular weight is 497 g/mol. The molecule has 0 radical (unpaired) electrons. The molecule has 0 saturated heterocycles. The molecule has 0 unspecified atom stereocenters. The first-order valence-corrected chi connectivity index (χ1v) is 11.5. The van der Waals surface area contributed by atoms with Crippen molar-refractivity contribution in [3.05, 3.63) is 60.6 Å². The third kappa shape index (κ3) is 6.60. The number of ether oxygens (including phenoxy) is 1. The van der Waals surface area contributed by atoms with Gasteiger partial charge < -0.3 is 15.0 Å². The van der Waals surface area contributed by atoms with Gasteiger partial charge in [0.2, 0.25) is 0 Å². The molecule has 3 rings (SSSR count). The van der Waals surface area contributed by atoms with E-state index in [0.717, 1.165) is 4.88 Å². The van der Waals surface area contributed by atoms with Crippen LogP contribution in [0.1, 0.15) is 21.1 Å². The van der Waals surface area contributed by atoms with E-state index in [1.807, 2.05) is 6.07 Å². The Bertz CT molecular complexity index is 1140. The first kappa shape index (κ1) is 23.9. The number of hydrogen-bond donors (Lipinski definition) is 2. The fourth-order valence-corrected chi connectivity index (χ4v) is 4.33. The largest absolute Gasteiger partial charge is 0.383 e. The van der Waals surface area contributed by atoms with Crippen molar-refractivity contribution in [3.8, 4) is 0 Å². The van der Waals surface area contributed by atoms with E-state index in [1.54, 1.807) is 18.5 Å². The van der Waals surface area contributed by atoms with Gasteiger partial charge >= 0.3 is 6.03 Å². The fourth-order valence-electron chi connectivity index (χ4n) is 2.60. The van der Waals surface area contributed by atoms with Gasteiger partial charge in [-0.3, -0.25) is 14.9 Å². The zero-order chi connectivity index (χ0) is 23.1. The third-order valence-corrected chi connectivity index (χ3v) is 6.20. The summed E-state index contributed by atoms with van der Waals surface area (Å²) >= 11 is 8.52. The predicted octanol–water partition coefficient (Wildman–Crippen LogP) is 2.66. The molecule has 0 fully saturated rings. The monoisotopic (exact) mass is 496 g/mol. The Morgan fingerprint density at radius 2 is 2.09 bits per heavy atom. The second kappa shape index (κ2) is 11.2. The first-order valence-electron chi connectivity index (χ1n) is 9.41. The summed E-state index contributed by atoms with van der Waals surface area (Å²) in [5.74, 6) is -0.356. The summed E-state index contributed by atoms with van der Waals surface area (Å²) in [6, 6.07) is 5.93. The molecule has 3 amide bonds. The lowest BCUT2D eigenvalue weighted by Gasteiger charge is -2.15. The minimum Gasteiger partial charge on any atom is -0.383 e. The molecule has 170 valence electrons. The highest BCUT2D eigenvalue weighted by molar-refractivity contribution is 7.16. The number of nitrogens with zero attached hydrogens (tertiary/aromatic N) is 4. The number of thiophene rings is 1. The van der Waals surface area contributed by atoms with Crippen molar-refractivity contribution in [1.29, 1.82) is 0 Å². The number of halogens is 1. The van der Waals surface area contributed by atoms with E-state index in [9.17, 15) is 14.4 Å². The van der Waals surface area contributed by atoms with E-state index in [4.69, 9.17) is 16.3 Å². The molecule has 0 aliphatic rings. The molecular formula is C19H21ClN6O4S2. The van der Waals surface area contributed by atoms with Crippen LogP contribution < -0.4 is 16.2 Å². The maximum absolute atomic E-state index is 12.7. The third-order valence-electron chi connectivity index (χ3n) is 4.16. The van der Waals surface area contributed by atoms with Crippen LogP contribution in [0.2, 0.25) is 4.34 Å². The van der Waals surface area contributed by atoms with Crippen molar-refractivity contribution in [2.45, 2.75) is 19.6 Å². The molecule has 3 aromatic heterocycles. The molecule has 0 aromatic carbocycles. The standard InChI is InChI=1S/C19H21ClN6O4S2/c1-25(17(28)14-4-6-16(27)26(24-14)7-8-30-2)10-12-11-31-19(22-12)23-18(29)21-9-13-3-5-15(20)32-13/h3-6,11H,7-10H2,1-2H3,(H2,21,22,23,29). The van der Waals surface area contributed by atoms with Gasteiger partial charge in [-0.2, -0.15) is 5.10 Å². The molecular weight excluding hydrogens is 476 g/mol. The highest BCUT2D eigenvalue weighted by Crippen LogP contribution is 2.21. The summed E-state index contributed by atoms with van der Waals surface area (Å²) < 4.78 is 6.81. The molecule has 0 atom stereocenters. The van der Waals surface area contributed by atoms with Crippen LogP contribution in [0.25, 0.3) is 0 Å². The van der Waals surface area contributed by atoms with Gasteiger partial charge in [0.15, 0.2) is 5.13 Å². The van der Waals surface area contributed by atoms with Crippen molar-refractivity contribution in [2.75, 3.05) is 26.1 Å². The van der Waals surface area contributed by atoms with E-state index < -0.39 is 0 Å². The molecule has 32 heavy (non-hydrogen) atoms. The molecule has 0 aliphatic carbocycles. The maximum Gasteiger partial charge on any atom is 0.321 e. The van der Waals surface area contributed by atoms with E-state index in [-0.39, 0.29) is 36.3 Å². The van der Waals surface area contributed by atoms with Crippen molar-refractivity contribution in [3.63, 3.8) is 0 Å². The number of thiazole rings is 1. The molecule has 13 heteroatoms. The second-order valence-corrected chi connectivity index (χ2v) is 9.25. The summed E-state index contributed by atoms with van der Waals surface area (Å²) in [5, 5.41) is 11.7. The molecule has 10 nitrogen and oxygen atoms in total. The lowest BCUT2D eigenvalue weighted by Crippen LogP contribution is -2.31. The van der Waals surface area contributed by atoms with Crippen LogP contribution >= 0.6 is 34.3 Å². The lowest BCUT2D eigenvalue weighted by atomic mass is 10.3. The molecule has 0 bridgehead atoms. The highest BCUT2D eigenvalue weighted by Gasteiger charge is 2.17. The number of methoxy groups -OCH3 is 1. The highest BCUT2D eigenvalue weighted by atomic mass is 35.5. The number of carbonyl (C=O) groups is 2. The zero-order valence-corrected chi connectivity index (χ0v) is 19.7. The van der Waals surface area contributed by atoms with Gasteiger partial charge in [-0.15, -0.1) is 22.7 Å². The summed E-state index contributed by atoms with van der Waals surface area (Å²) in [7, 11) is 3.13. The molecule has 0 aliphatic heterocycles. The van der Waals surface area contributed by atoms with Gasteiger partial charge in [0, 0.05) is 30.5 Å². The van der Waals surface area contributed by atoms with Gasteiger partial charge in [-0.05, 0) is 18.2 Å². The number of anilines is 1. The summed E-state index contributed by atoms with van der Waals surface area (Å²) in [6.45, 7) is 1.13. The minimum atomic E-state index is -0.387. The van der Waals surface area contributed by atoms with Crippen LogP contribution in [0.3, 0.4) is 0 Å². The van der Waals surface area contributed by atoms with Gasteiger partial charge in [0.05, 0.1) is 36.3 Å². The van der Waals surface area contributed by atoms with Crippen molar-refractivity contribution < 1.29 is 14.3 Å². The fraction of sp³-hybridized carbons (Fsp3) is 0.316. The summed E-state index contributed by atoms with van der Waals surface area (Å²) in [5.41, 5.74) is 0.445. The van der Waals surface area contributed by atoms with Crippen LogP contribution in [0.15, 0.2) is 34.4 Å². The van der Waals surface area contributed by atoms with Crippen LogP contribution in [-0.2, 0) is 24.4 Å². The maximum atomic E-state index is 12.7. The lowest BCUT2D eigenvalue weighted by molar-refractivity contribution is 0.0774. The number of hydrogen-bond acceptors (Lipinski definition) is 8. The molecule has 3 aromatic rings. The number of urea groups is 1. The summed E-state index contributed by atoms with van der Waals surface area (Å²) in [4.78, 5) is 43.3. The van der Waals surface area contributed by atoms with Crippen LogP contribution in [0, 0.1) is 0 Å². The second-order valence-electron chi connectivity index (χ2n) is 6.59. The molecule has 3 heterocycles. The number of amides is 3. The number of aromatic nitrogens is 3. The topological polar surface area (TPSA) is 118 Å². The average Bonchev–Trinajstić information content (AvgIpc) is 3.39. The number of rotatable bonds is 9. The van der Waals surface area contributed by atoms with E-state index >= 15 is 0 Å². The van der Waals surface area contributed by atoms with Crippen LogP contribution in [0.4, 0.5) is 9.93 Å². The van der Waals surface area contributed by atoms with Crippen LogP contribution in [0.5, 0.6) is 0 Å². The van der Waals surface area contributed by atoms with Crippen molar-refractivity contribution >= 4 is 51.3 Å². The van der Waals surface area contributed by atoms with Gasteiger partial charge in [0.25, 0.3) is 11.5 Å². The van der Waals surface area contributed by atoms with E-state index in [2.05, 4.69) is 20.7 Å². The smallest absolute Gasteiger partial charge is 0.321 e. The molecule has 2 N–H and O–H groups in total. The first-order chi connectivity index (χ1) is 15.4. The Balaban J connectivity index is 1.54. The Kier molecular flexibility index (Phi) is 8.33. The van der Waals surface area contributed by atoms with Crippen molar-refractivity contribution in [1.82, 2.24) is 25.0 Å². The SMILES string of the molecule is COCCn1nc(C(=O)N(C)Cc2csc(NC(=O)NCc3ccc(Cl)s3)n2)ccc1=O. The quantitative estimate of drug-likeness (QED) is 0.470. The van der Waals surface area contributed by atoms with Gasteiger partial charge in [-0.25, -0.2) is 14.5 Å². The Labute approximate surface area is 196 Å². The number of carbonyl (C=O) groups excluding carboxylic acids is 2. The van der Waals surface area contributed by atoms with Crippen molar-refractivity contribution in [2.24, 2.45) is 0 Å². The molecule has 0 spiro atoms. The Hall–Kier alpha value is -2.80. The Morgan fingerprint density at radius 3 is 2.81 bits per heavy atom. The summed E-state index contributed by atoms with van der Waals surface area (Å²) in [6.07, 6.45) is 0. The minimum absolute atomic E-state index is 0.143. The Morgan fingerprint density at radius 1 is 1.28 bits per heavy atom. The number of nitrogens with one attached hydrogen (secondary N) is 2. The van der Waals surface area contributed by atoms with E-state index in [0.29, 0.717) is 28.3 Å². The zero-order valence-electron chi connectivity index (χ0n) is 17.3. The van der Waals surface area contributed by atoms with Gasteiger partial charge in [-0.1, -0.05) is 11.6 Å².